The number of β-amino-alcohol motifs (C(OH)–C–C–N with tert-alkyl or cyclic N) is 1. The lowest BCUT2D eigenvalue weighted by atomic mass is 10.2. The molecule has 2 heterocycles. The first-order valence-corrected chi connectivity index (χ1v) is 7.44. The summed E-state index contributed by atoms with van der Waals surface area (Å²) in [7, 11) is 0. The Morgan fingerprint density at radius 3 is 2.39 bits per heavy atom. The average Bonchev–Trinajstić information content (AvgIpc) is 2.92. The molecule has 18 heavy (non-hydrogen) atoms. The van der Waals surface area contributed by atoms with Gasteiger partial charge in [0.1, 0.15) is 0 Å². The van der Waals surface area contributed by atoms with Crippen molar-refractivity contribution in [1.82, 2.24) is 9.80 Å². The van der Waals surface area contributed by atoms with Crippen molar-refractivity contribution in [3.8, 4) is 0 Å². The SMILES string of the molecule is OCCN1CCN(CCC(O)c2cccs2)CC1. The fraction of sp³-hybridized carbons (Fsp3) is 0.692. The Morgan fingerprint density at radius 2 is 1.83 bits per heavy atom. The van der Waals surface area contributed by atoms with Crippen LogP contribution in [0.2, 0.25) is 0 Å². The Hall–Kier alpha value is -0.460. The number of rotatable bonds is 6. The van der Waals surface area contributed by atoms with Crippen molar-refractivity contribution in [2.45, 2.75) is 12.5 Å². The first-order chi connectivity index (χ1) is 8.79. The maximum Gasteiger partial charge on any atom is 0.0894 e. The molecule has 1 aliphatic rings. The number of piperazine rings is 1. The maximum absolute atomic E-state index is 10.0. The zero-order valence-electron chi connectivity index (χ0n) is 10.7. The minimum atomic E-state index is -0.319. The molecule has 0 saturated carbocycles. The van der Waals surface area contributed by atoms with Gasteiger partial charge in [-0.25, -0.2) is 0 Å². The summed E-state index contributed by atoms with van der Waals surface area (Å²) in [5.41, 5.74) is 0. The van der Waals surface area contributed by atoms with Crippen LogP contribution < -0.4 is 0 Å². The normalized spacial score (nSPS) is 20.1. The smallest absolute Gasteiger partial charge is 0.0894 e. The topological polar surface area (TPSA) is 46.9 Å². The minimum absolute atomic E-state index is 0.247. The Balaban J connectivity index is 1.66. The highest BCUT2D eigenvalue weighted by molar-refractivity contribution is 7.10. The van der Waals surface area contributed by atoms with Crippen LogP contribution in [-0.2, 0) is 0 Å². The van der Waals surface area contributed by atoms with Gasteiger partial charge in [-0.05, 0) is 17.9 Å². The van der Waals surface area contributed by atoms with Gasteiger partial charge < -0.3 is 15.1 Å². The molecule has 1 saturated heterocycles. The van der Waals surface area contributed by atoms with E-state index in [2.05, 4.69) is 9.80 Å². The van der Waals surface area contributed by atoms with Crippen LogP contribution in [0.1, 0.15) is 17.4 Å². The summed E-state index contributed by atoms with van der Waals surface area (Å²) in [6.07, 6.45) is 0.487. The first kappa shape index (κ1) is 14.0. The highest BCUT2D eigenvalue weighted by atomic mass is 32.1. The van der Waals surface area contributed by atoms with E-state index < -0.39 is 0 Å². The lowest BCUT2D eigenvalue weighted by Crippen LogP contribution is -2.47. The zero-order chi connectivity index (χ0) is 12.8. The van der Waals surface area contributed by atoms with Crippen molar-refractivity contribution < 1.29 is 10.2 Å². The largest absolute Gasteiger partial charge is 0.395 e. The molecule has 1 aromatic heterocycles. The van der Waals surface area contributed by atoms with E-state index in [0.717, 1.165) is 50.6 Å². The predicted octanol–water partition coefficient (Wildman–Crippen LogP) is 0.781. The maximum atomic E-state index is 10.0. The number of thiophene rings is 1. The van der Waals surface area contributed by atoms with E-state index >= 15 is 0 Å². The summed E-state index contributed by atoms with van der Waals surface area (Å²) >= 11 is 1.62. The van der Waals surface area contributed by atoms with Crippen molar-refractivity contribution in [3.05, 3.63) is 22.4 Å². The summed E-state index contributed by atoms with van der Waals surface area (Å²) < 4.78 is 0. The van der Waals surface area contributed by atoms with Crippen molar-refractivity contribution in [2.24, 2.45) is 0 Å². The molecule has 0 aromatic carbocycles. The molecule has 2 N–H and O–H groups in total. The quantitative estimate of drug-likeness (QED) is 0.802. The Morgan fingerprint density at radius 1 is 1.17 bits per heavy atom. The van der Waals surface area contributed by atoms with E-state index in [0.29, 0.717) is 0 Å². The highest BCUT2D eigenvalue weighted by Gasteiger charge is 2.17. The van der Waals surface area contributed by atoms with Gasteiger partial charge in [-0.15, -0.1) is 11.3 Å². The molecule has 5 heteroatoms. The van der Waals surface area contributed by atoms with Crippen LogP contribution in [0.25, 0.3) is 0 Å². The molecule has 0 spiro atoms. The van der Waals surface area contributed by atoms with Gasteiger partial charge in [0.15, 0.2) is 0 Å². The van der Waals surface area contributed by atoms with E-state index in [9.17, 15) is 5.11 Å². The third-order valence-corrected chi connectivity index (χ3v) is 4.45. The van der Waals surface area contributed by atoms with E-state index in [4.69, 9.17) is 5.11 Å². The molecule has 2 rings (SSSR count). The fourth-order valence-electron chi connectivity index (χ4n) is 2.31. The van der Waals surface area contributed by atoms with Gasteiger partial charge in [0.2, 0.25) is 0 Å². The van der Waals surface area contributed by atoms with Crippen LogP contribution in [0.4, 0.5) is 0 Å². The molecular weight excluding hydrogens is 248 g/mol. The summed E-state index contributed by atoms with van der Waals surface area (Å²) in [5.74, 6) is 0. The van der Waals surface area contributed by atoms with Gasteiger partial charge in [-0.2, -0.15) is 0 Å². The minimum Gasteiger partial charge on any atom is -0.395 e. The molecule has 0 aliphatic carbocycles. The molecule has 4 nitrogen and oxygen atoms in total. The number of nitrogens with zero attached hydrogens (tertiary/aromatic N) is 2. The molecule has 102 valence electrons. The van der Waals surface area contributed by atoms with Crippen molar-refractivity contribution in [2.75, 3.05) is 45.9 Å². The molecule has 1 unspecified atom stereocenters. The van der Waals surface area contributed by atoms with Crippen LogP contribution in [0.3, 0.4) is 0 Å². The van der Waals surface area contributed by atoms with Crippen molar-refractivity contribution in [1.29, 1.82) is 0 Å². The standard InChI is InChI=1S/C13H22N2O2S/c16-10-9-15-7-5-14(6-8-15)4-3-12(17)13-2-1-11-18-13/h1-2,11-12,16-17H,3-10H2. The van der Waals surface area contributed by atoms with Gasteiger partial charge >= 0.3 is 0 Å². The molecule has 0 radical (unpaired) electrons. The predicted molar refractivity (Wildman–Crippen MR) is 73.9 cm³/mol. The van der Waals surface area contributed by atoms with Crippen LogP contribution >= 0.6 is 11.3 Å². The fourth-order valence-corrected chi connectivity index (χ4v) is 3.05. The molecule has 0 amide bonds. The Kier molecular flexibility index (Phi) is 5.59. The van der Waals surface area contributed by atoms with Gasteiger partial charge in [0.25, 0.3) is 0 Å². The molecule has 1 atom stereocenters. The number of aliphatic hydroxyl groups is 2. The summed E-state index contributed by atoms with van der Waals surface area (Å²) in [4.78, 5) is 5.74. The molecular formula is C13H22N2O2S. The highest BCUT2D eigenvalue weighted by Crippen LogP contribution is 2.21. The van der Waals surface area contributed by atoms with E-state index in [1.165, 1.54) is 0 Å². The van der Waals surface area contributed by atoms with Crippen LogP contribution in [-0.4, -0.2) is 65.9 Å². The summed E-state index contributed by atoms with van der Waals surface area (Å²) in [6, 6.07) is 3.98. The second-order valence-electron chi connectivity index (χ2n) is 4.73. The van der Waals surface area contributed by atoms with Crippen LogP contribution in [0.5, 0.6) is 0 Å². The summed E-state index contributed by atoms with van der Waals surface area (Å²) in [5, 5.41) is 20.9. The number of hydrogen-bond acceptors (Lipinski definition) is 5. The third-order valence-electron chi connectivity index (χ3n) is 3.47. The first-order valence-electron chi connectivity index (χ1n) is 6.56. The number of aliphatic hydroxyl groups excluding tert-OH is 2. The van der Waals surface area contributed by atoms with Crippen LogP contribution in [0, 0.1) is 0 Å². The second kappa shape index (κ2) is 7.21. The third kappa shape index (κ3) is 4.03. The zero-order valence-corrected chi connectivity index (χ0v) is 11.5. The average molecular weight is 270 g/mol. The van der Waals surface area contributed by atoms with Gasteiger partial charge in [0.05, 0.1) is 12.7 Å². The molecule has 1 aliphatic heterocycles. The second-order valence-corrected chi connectivity index (χ2v) is 5.71. The van der Waals surface area contributed by atoms with Crippen molar-refractivity contribution >= 4 is 11.3 Å². The number of hydrogen-bond donors (Lipinski definition) is 2. The van der Waals surface area contributed by atoms with E-state index in [1.54, 1.807) is 11.3 Å². The Labute approximate surface area is 112 Å². The van der Waals surface area contributed by atoms with E-state index in [-0.39, 0.29) is 12.7 Å². The van der Waals surface area contributed by atoms with Crippen molar-refractivity contribution in [3.63, 3.8) is 0 Å². The van der Waals surface area contributed by atoms with Gasteiger partial charge in [-0.3, -0.25) is 4.90 Å². The van der Waals surface area contributed by atoms with Crippen LogP contribution in [0.15, 0.2) is 17.5 Å². The summed E-state index contributed by atoms with van der Waals surface area (Å²) in [6.45, 7) is 6.11. The van der Waals surface area contributed by atoms with Gasteiger partial charge in [-0.1, -0.05) is 6.07 Å². The molecule has 1 fully saturated rings. The molecule has 0 bridgehead atoms. The monoisotopic (exact) mass is 270 g/mol. The molecule has 1 aromatic rings. The lowest BCUT2D eigenvalue weighted by Gasteiger charge is -2.34. The van der Waals surface area contributed by atoms with E-state index in [1.807, 2.05) is 17.5 Å². The van der Waals surface area contributed by atoms with Gasteiger partial charge in [0, 0.05) is 44.1 Å². The Bertz CT molecular complexity index is 324. The lowest BCUT2D eigenvalue weighted by molar-refractivity contribution is 0.0932.